The molecule has 0 saturated carbocycles. The molecule has 0 spiro atoms. The minimum atomic E-state index is 0.243. The normalized spacial score (nSPS) is 23.5. The second-order valence-electron chi connectivity index (χ2n) is 6.45. The number of hydrogen-bond acceptors (Lipinski definition) is 7. The van der Waals surface area contributed by atoms with Crippen LogP contribution >= 0.6 is 0 Å². The lowest BCUT2D eigenvalue weighted by atomic mass is 10.00. The molecule has 0 unspecified atom stereocenters. The first-order valence-electron chi connectivity index (χ1n) is 8.61. The minimum Gasteiger partial charge on any atom is -0.370 e. The maximum Gasteiger partial charge on any atom is 0.222 e. The Kier molecular flexibility index (Phi) is 4.40. The summed E-state index contributed by atoms with van der Waals surface area (Å²) in [5.74, 6) is 0.701. The molecule has 2 aliphatic heterocycles. The van der Waals surface area contributed by atoms with Crippen molar-refractivity contribution in [2.45, 2.75) is 45.1 Å². The highest BCUT2D eigenvalue weighted by atomic mass is 16.5. The Morgan fingerprint density at radius 2 is 2.17 bits per heavy atom. The van der Waals surface area contributed by atoms with Crippen LogP contribution in [-0.4, -0.2) is 55.6 Å². The van der Waals surface area contributed by atoms with Crippen LogP contribution < -0.4 is 5.32 Å². The Labute approximate surface area is 141 Å². The van der Waals surface area contributed by atoms with Gasteiger partial charge < -0.3 is 10.1 Å². The fraction of sp³-hybridized carbons (Fsp3) is 0.625. The topological polar surface area (TPSA) is 81.0 Å². The van der Waals surface area contributed by atoms with E-state index in [0.29, 0.717) is 12.6 Å². The van der Waals surface area contributed by atoms with Gasteiger partial charge >= 0.3 is 0 Å². The third-order valence-electron chi connectivity index (χ3n) is 4.66. The quantitative estimate of drug-likeness (QED) is 0.883. The maximum absolute atomic E-state index is 5.96. The van der Waals surface area contributed by atoms with Crippen LogP contribution in [-0.2, 0) is 17.9 Å². The molecule has 4 rings (SSSR count). The molecule has 8 nitrogen and oxygen atoms in total. The molecule has 1 N–H and O–H groups in total. The summed E-state index contributed by atoms with van der Waals surface area (Å²) >= 11 is 0. The van der Waals surface area contributed by atoms with E-state index in [9.17, 15) is 0 Å². The summed E-state index contributed by atoms with van der Waals surface area (Å²) in [4.78, 5) is 11.2. The van der Waals surface area contributed by atoms with Crippen LogP contribution in [0.15, 0.2) is 18.6 Å². The average molecular weight is 329 g/mol. The molecule has 2 aromatic rings. The van der Waals surface area contributed by atoms with Crippen molar-refractivity contribution in [2.75, 3.05) is 25.0 Å². The van der Waals surface area contributed by atoms with Crippen molar-refractivity contribution < 1.29 is 4.74 Å². The summed E-state index contributed by atoms with van der Waals surface area (Å²) in [5.41, 5.74) is 2.19. The number of anilines is 1. The number of aromatic nitrogens is 5. The number of piperidine rings is 1. The number of likely N-dealkylation sites (tertiary alicyclic amines) is 1. The van der Waals surface area contributed by atoms with Crippen molar-refractivity contribution in [3.8, 4) is 0 Å². The molecular weight excluding hydrogens is 306 g/mol. The van der Waals surface area contributed by atoms with Crippen molar-refractivity contribution in [1.82, 2.24) is 29.9 Å². The van der Waals surface area contributed by atoms with E-state index in [1.807, 2.05) is 17.1 Å². The smallest absolute Gasteiger partial charge is 0.222 e. The number of fused-ring (bicyclic) bond motifs is 3. The zero-order valence-electron chi connectivity index (χ0n) is 13.9. The van der Waals surface area contributed by atoms with Crippen LogP contribution in [0.1, 0.15) is 37.1 Å². The molecule has 0 aliphatic carbocycles. The van der Waals surface area contributed by atoms with E-state index in [-0.39, 0.29) is 12.1 Å². The lowest BCUT2D eigenvalue weighted by Crippen LogP contribution is -2.47. The maximum atomic E-state index is 5.96. The summed E-state index contributed by atoms with van der Waals surface area (Å²) < 4.78 is 7.99. The van der Waals surface area contributed by atoms with E-state index in [0.717, 1.165) is 50.3 Å². The fourth-order valence-electron chi connectivity index (χ4n) is 3.41. The van der Waals surface area contributed by atoms with Gasteiger partial charge in [-0.05, 0) is 12.8 Å². The number of nitrogens with one attached hydrogen (secondary N) is 1. The van der Waals surface area contributed by atoms with Gasteiger partial charge in [-0.2, -0.15) is 0 Å². The Balaban J connectivity index is 1.40. The van der Waals surface area contributed by atoms with Gasteiger partial charge in [0, 0.05) is 44.1 Å². The first kappa shape index (κ1) is 15.5. The van der Waals surface area contributed by atoms with E-state index in [4.69, 9.17) is 4.74 Å². The molecule has 0 radical (unpaired) electrons. The number of rotatable bonds is 5. The van der Waals surface area contributed by atoms with Crippen LogP contribution in [0.25, 0.3) is 0 Å². The summed E-state index contributed by atoms with van der Waals surface area (Å²) in [6, 6.07) is 0.247. The van der Waals surface area contributed by atoms with Gasteiger partial charge in [0.25, 0.3) is 0 Å². The molecule has 2 aromatic heterocycles. The van der Waals surface area contributed by atoms with Gasteiger partial charge in [0.15, 0.2) is 0 Å². The first-order valence-corrected chi connectivity index (χ1v) is 8.61. The molecule has 1 fully saturated rings. The van der Waals surface area contributed by atoms with Crippen molar-refractivity contribution >= 4 is 5.95 Å². The molecule has 2 atom stereocenters. The molecule has 24 heavy (non-hydrogen) atoms. The van der Waals surface area contributed by atoms with Gasteiger partial charge in [-0.25, -0.2) is 14.6 Å². The van der Waals surface area contributed by atoms with Gasteiger partial charge in [0.2, 0.25) is 5.95 Å². The van der Waals surface area contributed by atoms with E-state index < -0.39 is 0 Å². The van der Waals surface area contributed by atoms with E-state index in [1.165, 1.54) is 0 Å². The summed E-state index contributed by atoms with van der Waals surface area (Å²) in [6.07, 6.45) is 7.94. The minimum absolute atomic E-state index is 0.243. The lowest BCUT2D eigenvalue weighted by Gasteiger charge is -2.41. The lowest BCUT2D eigenvalue weighted by molar-refractivity contribution is -0.0670. The van der Waals surface area contributed by atoms with Crippen LogP contribution in [0, 0.1) is 0 Å². The highest BCUT2D eigenvalue weighted by Gasteiger charge is 2.36. The van der Waals surface area contributed by atoms with Crippen LogP contribution in [0.2, 0.25) is 0 Å². The van der Waals surface area contributed by atoms with Crippen molar-refractivity contribution in [3.05, 3.63) is 29.8 Å². The van der Waals surface area contributed by atoms with E-state index >= 15 is 0 Å². The highest BCUT2D eigenvalue weighted by molar-refractivity contribution is 5.24. The summed E-state index contributed by atoms with van der Waals surface area (Å²) in [5, 5.41) is 11.5. The van der Waals surface area contributed by atoms with Gasteiger partial charge in [-0.1, -0.05) is 12.1 Å². The number of ether oxygens (including phenoxy) is 1. The Morgan fingerprint density at radius 3 is 3.00 bits per heavy atom. The first-order chi connectivity index (χ1) is 11.8. The van der Waals surface area contributed by atoms with Crippen LogP contribution in [0.3, 0.4) is 0 Å². The largest absolute Gasteiger partial charge is 0.370 e. The van der Waals surface area contributed by atoms with Gasteiger partial charge in [0.1, 0.15) is 0 Å². The Bertz CT molecular complexity index is 671. The summed E-state index contributed by atoms with van der Waals surface area (Å²) in [6.45, 7) is 6.42. The second kappa shape index (κ2) is 6.82. The van der Waals surface area contributed by atoms with E-state index in [2.05, 4.69) is 37.4 Å². The van der Waals surface area contributed by atoms with Crippen molar-refractivity contribution in [1.29, 1.82) is 0 Å². The third kappa shape index (κ3) is 3.11. The predicted octanol–water partition coefficient (Wildman–Crippen LogP) is 1.24. The van der Waals surface area contributed by atoms with Crippen molar-refractivity contribution in [2.24, 2.45) is 0 Å². The molecule has 2 aliphatic rings. The van der Waals surface area contributed by atoms with E-state index in [1.54, 1.807) is 6.20 Å². The van der Waals surface area contributed by atoms with Gasteiger partial charge in [-0.15, -0.1) is 5.10 Å². The zero-order chi connectivity index (χ0) is 16.4. The van der Waals surface area contributed by atoms with Gasteiger partial charge in [0.05, 0.1) is 30.6 Å². The molecule has 0 bridgehead atoms. The zero-order valence-corrected chi connectivity index (χ0v) is 13.9. The Hall–Kier alpha value is -2.06. The monoisotopic (exact) mass is 329 g/mol. The van der Waals surface area contributed by atoms with Gasteiger partial charge in [-0.3, -0.25) is 4.90 Å². The molecule has 1 saturated heterocycles. The molecule has 8 heteroatoms. The predicted molar refractivity (Wildman–Crippen MR) is 88.3 cm³/mol. The fourth-order valence-corrected chi connectivity index (χ4v) is 3.41. The molecule has 0 amide bonds. The van der Waals surface area contributed by atoms with Crippen LogP contribution in [0.5, 0.6) is 0 Å². The van der Waals surface area contributed by atoms with Crippen molar-refractivity contribution in [3.63, 3.8) is 0 Å². The summed E-state index contributed by atoms with van der Waals surface area (Å²) in [7, 11) is 0. The SMILES string of the molecule is CCCNc1ncc(CN2CC[C@H]3OCc4cnnn4[C@@H]3C2)cn1. The third-order valence-corrected chi connectivity index (χ3v) is 4.66. The highest BCUT2D eigenvalue weighted by Crippen LogP contribution is 2.30. The van der Waals surface area contributed by atoms with Crippen LogP contribution in [0.4, 0.5) is 5.95 Å². The Morgan fingerprint density at radius 1 is 1.29 bits per heavy atom. The molecule has 0 aromatic carbocycles. The second-order valence-corrected chi connectivity index (χ2v) is 6.45. The standard InChI is InChI=1S/C16H23N7O/c1-2-4-17-16-18-6-12(7-19-16)9-22-5-3-15-14(10-22)23-13(11-24-15)8-20-21-23/h6-8,14-15H,2-5,9-11H2,1H3,(H,17,18,19)/t14-,15-/m1/s1. The average Bonchev–Trinajstić information content (AvgIpc) is 3.10. The molecular formula is C16H23N7O. The molecule has 128 valence electrons. The number of nitrogens with zero attached hydrogens (tertiary/aromatic N) is 6. The number of hydrogen-bond donors (Lipinski definition) is 1. The molecule has 4 heterocycles.